The molecule has 1 N–H and O–H groups in total. The highest BCUT2D eigenvalue weighted by molar-refractivity contribution is 9.10. The number of benzene rings is 1. The Morgan fingerprint density at radius 3 is 3.00 bits per heavy atom. The van der Waals surface area contributed by atoms with Crippen LogP contribution in [0.4, 0.5) is 0 Å². The normalized spacial score (nSPS) is 9.40. The average molecular weight is 288 g/mol. The van der Waals surface area contributed by atoms with Crippen LogP contribution >= 0.6 is 27.5 Å². The maximum Gasteiger partial charge on any atom is 0.252 e. The second-order valence-electron chi connectivity index (χ2n) is 2.79. The van der Waals surface area contributed by atoms with Crippen molar-refractivity contribution in [2.75, 3.05) is 6.54 Å². The molecule has 0 bridgehead atoms. The first kappa shape index (κ1) is 12.0. The first-order valence-corrected chi connectivity index (χ1v) is 5.42. The van der Waals surface area contributed by atoms with E-state index in [0.717, 1.165) is 4.47 Å². The minimum Gasteiger partial charge on any atom is -0.351 e. The predicted octanol–water partition coefficient (Wildman–Crippen LogP) is 2.75. The summed E-state index contributed by atoms with van der Waals surface area (Å²) in [5, 5.41) is 11.3. The fourth-order valence-corrected chi connectivity index (χ4v) is 1.56. The van der Waals surface area contributed by atoms with Gasteiger partial charge in [0.2, 0.25) is 0 Å². The molecule has 1 amide bonds. The van der Waals surface area contributed by atoms with Gasteiger partial charge in [0.25, 0.3) is 5.91 Å². The van der Waals surface area contributed by atoms with E-state index in [4.69, 9.17) is 16.9 Å². The van der Waals surface area contributed by atoms with Gasteiger partial charge in [0, 0.05) is 11.0 Å². The second kappa shape index (κ2) is 5.74. The number of rotatable bonds is 3. The smallest absolute Gasteiger partial charge is 0.252 e. The summed E-state index contributed by atoms with van der Waals surface area (Å²) in [6.07, 6.45) is 0.289. The molecule has 1 aromatic rings. The summed E-state index contributed by atoms with van der Waals surface area (Å²) in [6, 6.07) is 6.99. The van der Waals surface area contributed by atoms with Gasteiger partial charge >= 0.3 is 0 Å². The molecule has 1 rings (SSSR count). The van der Waals surface area contributed by atoms with Gasteiger partial charge in [-0.05, 0) is 18.2 Å². The first-order valence-electron chi connectivity index (χ1n) is 4.25. The maximum absolute atomic E-state index is 11.6. The van der Waals surface area contributed by atoms with Crippen LogP contribution in [0, 0.1) is 11.3 Å². The quantitative estimate of drug-likeness (QED) is 0.869. The molecule has 0 unspecified atom stereocenters. The zero-order valence-corrected chi connectivity index (χ0v) is 10.1. The summed E-state index contributed by atoms with van der Waals surface area (Å²) in [6.45, 7) is 0.332. The van der Waals surface area contributed by atoms with E-state index in [-0.39, 0.29) is 12.3 Å². The molecule has 0 aliphatic carbocycles. The van der Waals surface area contributed by atoms with Crippen molar-refractivity contribution in [3.05, 3.63) is 33.3 Å². The highest BCUT2D eigenvalue weighted by Gasteiger charge is 2.09. The zero-order chi connectivity index (χ0) is 11.3. The van der Waals surface area contributed by atoms with Crippen molar-refractivity contribution in [1.29, 1.82) is 5.26 Å². The van der Waals surface area contributed by atoms with Gasteiger partial charge in [-0.15, -0.1) is 0 Å². The molecular weight excluding hydrogens is 279 g/mol. The SMILES string of the molecule is N#CCCNC(=O)c1cc(Br)ccc1Cl. The van der Waals surface area contributed by atoms with Gasteiger partial charge < -0.3 is 5.32 Å². The summed E-state index contributed by atoms with van der Waals surface area (Å²) in [7, 11) is 0. The van der Waals surface area contributed by atoms with Crippen LogP contribution in [0.15, 0.2) is 22.7 Å². The second-order valence-corrected chi connectivity index (χ2v) is 4.11. The lowest BCUT2D eigenvalue weighted by atomic mass is 10.2. The van der Waals surface area contributed by atoms with Crippen molar-refractivity contribution in [2.24, 2.45) is 0 Å². The lowest BCUT2D eigenvalue weighted by molar-refractivity contribution is 0.0954. The van der Waals surface area contributed by atoms with Gasteiger partial charge in [-0.25, -0.2) is 0 Å². The summed E-state index contributed by atoms with van der Waals surface area (Å²) in [5.41, 5.74) is 0.406. The number of halogens is 2. The minimum atomic E-state index is -0.267. The van der Waals surface area contributed by atoms with Crippen LogP contribution in [0.3, 0.4) is 0 Å². The van der Waals surface area contributed by atoms with Gasteiger partial charge in [-0.3, -0.25) is 4.79 Å². The van der Waals surface area contributed by atoms with Crippen molar-refractivity contribution >= 4 is 33.4 Å². The third-order valence-corrected chi connectivity index (χ3v) is 2.52. The van der Waals surface area contributed by atoms with Gasteiger partial charge in [0.05, 0.1) is 23.1 Å². The average Bonchev–Trinajstić information content (AvgIpc) is 2.22. The van der Waals surface area contributed by atoms with Gasteiger partial charge in [0.15, 0.2) is 0 Å². The zero-order valence-electron chi connectivity index (χ0n) is 7.76. The van der Waals surface area contributed by atoms with Crippen molar-refractivity contribution in [3.63, 3.8) is 0 Å². The Morgan fingerprint density at radius 2 is 2.33 bits per heavy atom. The summed E-state index contributed by atoms with van der Waals surface area (Å²) >= 11 is 9.11. The minimum absolute atomic E-state index is 0.267. The van der Waals surface area contributed by atoms with Crippen molar-refractivity contribution in [3.8, 4) is 6.07 Å². The Bertz CT molecular complexity index is 414. The van der Waals surface area contributed by atoms with Crippen molar-refractivity contribution < 1.29 is 4.79 Å². The van der Waals surface area contributed by atoms with Crippen LogP contribution in [0.25, 0.3) is 0 Å². The lowest BCUT2D eigenvalue weighted by Crippen LogP contribution is -2.24. The lowest BCUT2D eigenvalue weighted by Gasteiger charge is -2.05. The molecule has 0 spiro atoms. The number of nitrogens with one attached hydrogen (secondary N) is 1. The van der Waals surface area contributed by atoms with E-state index in [0.29, 0.717) is 17.1 Å². The molecule has 5 heteroatoms. The molecule has 15 heavy (non-hydrogen) atoms. The van der Waals surface area contributed by atoms with Crippen LogP contribution in [-0.4, -0.2) is 12.5 Å². The summed E-state index contributed by atoms with van der Waals surface area (Å²) in [4.78, 5) is 11.6. The predicted molar refractivity (Wildman–Crippen MR) is 61.7 cm³/mol. The number of nitrogens with zero attached hydrogens (tertiary/aromatic N) is 1. The van der Waals surface area contributed by atoms with E-state index < -0.39 is 0 Å². The van der Waals surface area contributed by atoms with Crippen LogP contribution in [-0.2, 0) is 0 Å². The highest BCUT2D eigenvalue weighted by Crippen LogP contribution is 2.20. The largest absolute Gasteiger partial charge is 0.351 e. The Kier molecular flexibility index (Phi) is 4.60. The van der Waals surface area contributed by atoms with Crippen LogP contribution in [0.1, 0.15) is 16.8 Å². The fourth-order valence-electron chi connectivity index (χ4n) is 0.999. The Morgan fingerprint density at radius 1 is 1.60 bits per heavy atom. The maximum atomic E-state index is 11.6. The Balaban J connectivity index is 2.73. The van der Waals surface area contributed by atoms with E-state index in [1.54, 1.807) is 18.2 Å². The monoisotopic (exact) mass is 286 g/mol. The van der Waals surface area contributed by atoms with E-state index in [2.05, 4.69) is 21.2 Å². The molecular formula is C10H8BrClN2O. The number of carbonyl (C=O) groups excluding carboxylic acids is 1. The molecule has 1 aromatic carbocycles. The first-order chi connectivity index (χ1) is 7.15. The van der Waals surface area contributed by atoms with E-state index in [1.165, 1.54) is 0 Å². The molecule has 0 fully saturated rings. The van der Waals surface area contributed by atoms with Crippen molar-refractivity contribution in [1.82, 2.24) is 5.32 Å². The number of amides is 1. The highest BCUT2D eigenvalue weighted by atomic mass is 79.9. The molecule has 0 saturated carbocycles. The molecule has 0 heterocycles. The molecule has 0 aromatic heterocycles. The molecule has 78 valence electrons. The molecule has 3 nitrogen and oxygen atoms in total. The molecule has 0 aliphatic rings. The molecule has 0 radical (unpaired) electrons. The van der Waals surface area contributed by atoms with Gasteiger partial charge in [-0.1, -0.05) is 27.5 Å². The third-order valence-electron chi connectivity index (χ3n) is 1.70. The third kappa shape index (κ3) is 3.54. The fraction of sp³-hybridized carbons (Fsp3) is 0.200. The van der Waals surface area contributed by atoms with Crippen molar-refractivity contribution in [2.45, 2.75) is 6.42 Å². The molecule has 0 saturated heterocycles. The Hall–Kier alpha value is -1.05. The standard InChI is InChI=1S/C10H8BrClN2O/c11-7-2-3-9(12)8(6-7)10(15)14-5-1-4-13/h2-3,6H,1,5H2,(H,14,15). The molecule has 0 aliphatic heterocycles. The van der Waals surface area contributed by atoms with E-state index >= 15 is 0 Å². The number of carbonyl (C=O) groups is 1. The van der Waals surface area contributed by atoms with E-state index in [1.807, 2.05) is 6.07 Å². The Labute approximate surface area is 101 Å². The number of nitriles is 1. The number of hydrogen-bond acceptors (Lipinski definition) is 2. The van der Waals surface area contributed by atoms with E-state index in [9.17, 15) is 4.79 Å². The van der Waals surface area contributed by atoms with Crippen LogP contribution in [0.2, 0.25) is 5.02 Å². The molecule has 0 atom stereocenters. The van der Waals surface area contributed by atoms with Gasteiger partial charge in [-0.2, -0.15) is 5.26 Å². The summed E-state index contributed by atoms with van der Waals surface area (Å²) < 4.78 is 0.789. The van der Waals surface area contributed by atoms with Crippen LogP contribution in [0.5, 0.6) is 0 Å². The topological polar surface area (TPSA) is 52.9 Å². The van der Waals surface area contributed by atoms with Crippen LogP contribution < -0.4 is 5.32 Å². The van der Waals surface area contributed by atoms with Gasteiger partial charge in [0.1, 0.15) is 0 Å². The summed E-state index contributed by atoms with van der Waals surface area (Å²) in [5.74, 6) is -0.267. The number of hydrogen-bond donors (Lipinski definition) is 1.